The van der Waals surface area contributed by atoms with Crippen LogP contribution >= 0.6 is 0 Å². The number of rotatable bonds is 2. The van der Waals surface area contributed by atoms with Gasteiger partial charge in [0.05, 0.1) is 19.3 Å². The lowest BCUT2D eigenvalue weighted by Gasteiger charge is -2.34. The number of amides is 1. The summed E-state index contributed by atoms with van der Waals surface area (Å²) in [6, 6.07) is 7.05. The molecule has 0 aliphatic carbocycles. The van der Waals surface area contributed by atoms with Crippen LogP contribution in [-0.2, 0) is 15.9 Å². The number of carbonyl (C=O) groups is 1. The maximum absolute atomic E-state index is 12.1. The second-order valence-electron chi connectivity index (χ2n) is 6.29. The summed E-state index contributed by atoms with van der Waals surface area (Å²) >= 11 is 0. The van der Waals surface area contributed by atoms with E-state index in [0.29, 0.717) is 26.1 Å². The molecule has 1 atom stereocenters. The van der Waals surface area contributed by atoms with E-state index in [9.17, 15) is 9.90 Å². The van der Waals surface area contributed by atoms with Crippen molar-refractivity contribution in [2.75, 3.05) is 19.7 Å². The number of carbonyl (C=O) groups excluding carboxylic acids is 1. The van der Waals surface area contributed by atoms with Crippen LogP contribution in [0.5, 0.6) is 5.75 Å². The third-order valence-corrected chi connectivity index (χ3v) is 3.19. The van der Waals surface area contributed by atoms with Gasteiger partial charge in [-0.2, -0.15) is 0 Å². The van der Waals surface area contributed by atoms with Crippen molar-refractivity contribution in [3.8, 4) is 5.75 Å². The van der Waals surface area contributed by atoms with Crippen LogP contribution in [0.3, 0.4) is 0 Å². The van der Waals surface area contributed by atoms with Crippen LogP contribution in [0.2, 0.25) is 0 Å². The molecule has 0 radical (unpaired) electrons. The zero-order valence-electron chi connectivity index (χ0n) is 12.8. The highest BCUT2D eigenvalue weighted by Crippen LogP contribution is 2.17. The summed E-state index contributed by atoms with van der Waals surface area (Å²) in [5, 5.41) is 9.28. The summed E-state index contributed by atoms with van der Waals surface area (Å²) < 4.78 is 11.1. The van der Waals surface area contributed by atoms with Crippen molar-refractivity contribution in [3.05, 3.63) is 29.8 Å². The lowest BCUT2D eigenvalue weighted by atomic mass is 10.1. The first-order valence-electron chi connectivity index (χ1n) is 7.21. The maximum atomic E-state index is 12.1. The lowest BCUT2D eigenvalue weighted by Crippen LogP contribution is -2.48. The Hall–Kier alpha value is -1.75. The van der Waals surface area contributed by atoms with Crippen molar-refractivity contribution in [1.82, 2.24) is 4.90 Å². The number of nitrogens with zero attached hydrogens (tertiary/aromatic N) is 1. The number of phenols is 1. The number of phenolic OH excluding ortho intramolecular Hbond substituents is 1. The molecule has 1 fully saturated rings. The van der Waals surface area contributed by atoms with E-state index in [1.807, 2.05) is 32.9 Å². The fourth-order valence-electron chi connectivity index (χ4n) is 2.23. The lowest BCUT2D eigenvalue weighted by molar-refractivity contribution is -0.0415. The van der Waals surface area contributed by atoms with Crippen LogP contribution in [0.25, 0.3) is 0 Å². The molecule has 1 aromatic rings. The standard InChI is InChI=1S/C16H23NO4/c1-16(2,3)21-15(19)17-8-9-20-14(11-17)10-12-4-6-13(18)7-5-12/h4-7,14,18H,8-11H2,1-3H3/t14-/m1/s1. The van der Waals surface area contributed by atoms with Gasteiger partial charge < -0.3 is 19.5 Å². The largest absolute Gasteiger partial charge is 0.508 e. The summed E-state index contributed by atoms with van der Waals surface area (Å²) in [6.45, 7) is 7.18. The molecule has 1 N–H and O–H groups in total. The number of hydrogen-bond acceptors (Lipinski definition) is 4. The molecule has 1 amide bonds. The smallest absolute Gasteiger partial charge is 0.410 e. The van der Waals surface area contributed by atoms with Gasteiger partial charge in [-0.05, 0) is 38.5 Å². The molecule has 1 saturated heterocycles. The molecule has 0 aromatic heterocycles. The number of morpholine rings is 1. The van der Waals surface area contributed by atoms with Gasteiger partial charge in [0, 0.05) is 13.0 Å². The summed E-state index contributed by atoms with van der Waals surface area (Å²) in [7, 11) is 0. The van der Waals surface area contributed by atoms with Crippen LogP contribution in [0.15, 0.2) is 24.3 Å². The Labute approximate surface area is 125 Å². The molecule has 5 heteroatoms. The van der Waals surface area contributed by atoms with E-state index in [2.05, 4.69) is 0 Å². The van der Waals surface area contributed by atoms with Crippen LogP contribution in [-0.4, -0.2) is 47.5 Å². The molecule has 1 aliphatic heterocycles. The van der Waals surface area contributed by atoms with E-state index in [0.717, 1.165) is 5.56 Å². The minimum absolute atomic E-state index is 0.0455. The Kier molecular flexibility index (Phi) is 4.73. The van der Waals surface area contributed by atoms with Gasteiger partial charge in [0.15, 0.2) is 0 Å². The third-order valence-electron chi connectivity index (χ3n) is 3.19. The summed E-state index contributed by atoms with van der Waals surface area (Å²) in [6.07, 6.45) is 0.372. The highest BCUT2D eigenvalue weighted by atomic mass is 16.6. The Morgan fingerprint density at radius 1 is 1.38 bits per heavy atom. The summed E-state index contributed by atoms with van der Waals surface area (Å²) in [4.78, 5) is 13.8. The molecule has 0 unspecified atom stereocenters. The van der Waals surface area contributed by atoms with Crippen molar-refractivity contribution in [2.45, 2.75) is 38.9 Å². The molecule has 21 heavy (non-hydrogen) atoms. The molecule has 0 bridgehead atoms. The Bertz CT molecular complexity index is 478. The summed E-state index contributed by atoms with van der Waals surface area (Å²) in [5.74, 6) is 0.249. The van der Waals surface area contributed by atoms with Crippen molar-refractivity contribution in [2.24, 2.45) is 0 Å². The van der Waals surface area contributed by atoms with Crippen molar-refractivity contribution in [1.29, 1.82) is 0 Å². The van der Waals surface area contributed by atoms with Crippen molar-refractivity contribution >= 4 is 6.09 Å². The quantitative estimate of drug-likeness (QED) is 0.910. The average molecular weight is 293 g/mol. The van der Waals surface area contributed by atoms with E-state index in [4.69, 9.17) is 9.47 Å². The van der Waals surface area contributed by atoms with E-state index >= 15 is 0 Å². The molecule has 116 valence electrons. The highest BCUT2D eigenvalue weighted by Gasteiger charge is 2.28. The van der Waals surface area contributed by atoms with Crippen LogP contribution in [0, 0.1) is 0 Å². The van der Waals surface area contributed by atoms with E-state index < -0.39 is 5.60 Å². The van der Waals surface area contributed by atoms with E-state index in [-0.39, 0.29) is 17.9 Å². The molecule has 5 nitrogen and oxygen atoms in total. The molecule has 1 aliphatic rings. The van der Waals surface area contributed by atoms with Crippen LogP contribution in [0.4, 0.5) is 4.79 Å². The van der Waals surface area contributed by atoms with Gasteiger partial charge in [-0.1, -0.05) is 12.1 Å². The minimum Gasteiger partial charge on any atom is -0.508 e. The van der Waals surface area contributed by atoms with Gasteiger partial charge in [-0.3, -0.25) is 0 Å². The Morgan fingerprint density at radius 2 is 2.05 bits per heavy atom. The summed E-state index contributed by atoms with van der Waals surface area (Å²) in [5.41, 5.74) is 0.589. The highest BCUT2D eigenvalue weighted by molar-refractivity contribution is 5.68. The van der Waals surface area contributed by atoms with Gasteiger partial charge in [0.25, 0.3) is 0 Å². The SMILES string of the molecule is CC(C)(C)OC(=O)N1CCO[C@H](Cc2ccc(O)cc2)C1. The number of benzene rings is 1. The van der Waals surface area contributed by atoms with Gasteiger partial charge in [0.2, 0.25) is 0 Å². The van der Waals surface area contributed by atoms with Crippen LogP contribution in [0.1, 0.15) is 26.3 Å². The normalized spacial score (nSPS) is 19.4. The number of ether oxygens (including phenoxy) is 2. The van der Waals surface area contributed by atoms with E-state index in [1.165, 1.54) is 0 Å². The van der Waals surface area contributed by atoms with Gasteiger partial charge in [0.1, 0.15) is 11.4 Å². The van der Waals surface area contributed by atoms with Crippen LogP contribution < -0.4 is 0 Å². The molecular weight excluding hydrogens is 270 g/mol. The zero-order chi connectivity index (χ0) is 15.5. The van der Waals surface area contributed by atoms with Crippen molar-refractivity contribution in [3.63, 3.8) is 0 Å². The Morgan fingerprint density at radius 3 is 2.67 bits per heavy atom. The van der Waals surface area contributed by atoms with Crippen molar-refractivity contribution < 1.29 is 19.4 Å². The number of aromatic hydroxyl groups is 1. The van der Waals surface area contributed by atoms with E-state index in [1.54, 1.807) is 17.0 Å². The maximum Gasteiger partial charge on any atom is 0.410 e. The topological polar surface area (TPSA) is 59.0 Å². The first-order chi connectivity index (χ1) is 9.83. The predicted molar refractivity (Wildman–Crippen MR) is 79.4 cm³/mol. The molecule has 2 rings (SSSR count). The van der Waals surface area contributed by atoms with Gasteiger partial charge in [-0.25, -0.2) is 4.79 Å². The third kappa shape index (κ3) is 4.93. The first kappa shape index (κ1) is 15.6. The second kappa shape index (κ2) is 6.35. The second-order valence-corrected chi connectivity index (χ2v) is 6.29. The molecule has 0 saturated carbocycles. The number of hydrogen-bond donors (Lipinski definition) is 1. The molecular formula is C16H23NO4. The minimum atomic E-state index is -0.484. The Balaban J connectivity index is 1.91. The monoisotopic (exact) mass is 293 g/mol. The zero-order valence-corrected chi connectivity index (χ0v) is 12.8. The first-order valence-corrected chi connectivity index (χ1v) is 7.21. The average Bonchev–Trinajstić information content (AvgIpc) is 2.40. The van der Waals surface area contributed by atoms with Gasteiger partial charge >= 0.3 is 6.09 Å². The fourth-order valence-corrected chi connectivity index (χ4v) is 2.23. The molecule has 1 heterocycles. The molecule has 1 aromatic carbocycles. The van der Waals surface area contributed by atoms with Gasteiger partial charge in [-0.15, -0.1) is 0 Å². The predicted octanol–water partition coefficient (Wildman–Crippen LogP) is 2.57. The fraction of sp³-hybridized carbons (Fsp3) is 0.562. The molecule has 0 spiro atoms.